The highest BCUT2D eigenvalue weighted by atomic mass is 16.5. The normalized spacial score (nSPS) is 17.9. The Morgan fingerprint density at radius 2 is 2.04 bits per heavy atom. The molecule has 0 spiro atoms. The minimum Gasteiger partial charge on any atom is -0.465 e. The molecule has 2 atom stereocenters. The van der Waals surface area contributed by atoms with Gasteiger partial charge >= 0.3 is 0 Å². The van der Waals surface area contributed by atoms with Gasteiger partial charge in [0, 0.05) is 25.4 Å². The van der Waals surface area contributed by atoms with Gasteiger partial charge in [0.2, 0.25) is 5.88 Å². The molecule has 1 aromatic heterocycles. The van der Waals surface area contributed by atoms with Gasteiger partial charge in [0.05, 0.1) is 17.4 Å². The number of likely N-dealkylation sites (tertiary alicyclic amines) is 1. The molecule has 0 aliphatic carbocycles. The van der Waals surface area contributed by atoms with Gasteiger partial charge in [-0.3, -0.25) is 9.59 Å². The minimum atomic E-state index is -0.778. The molecule has 0 saturated carbocycles. The number of nitrogens with one attached hydrogen (secondary N) is 1. The lowest BCUT2D eigenvalue weighted by Crippen LogP contribution is -2.42. The molecule has 7 heteroatoms. The number of anilines is 1. The Kier molecular flexibility index (Phi) is 6.03. The number of benzene rings is 1. The second-order valence-electron chi connectivity index (χ2n) is 6.51. The van der Waals surface area contributed by atoms with Gasteiger partial charge in [0.15, 0.2) is 6.10 Å². The number of hydrogen-bond acceptors (Lipinski definition) is 5. The highest BCUT2D eigenvalue weighted by molar-refractivity contribution is 6.04. The van der Waals surface area contributed by atoms with E-state index >= 15 is 0 Å². The van der Waals surface area contributed by atoms with Crippen molar-refractivity contribution < 1.29 is 19.4 Å². The van der Waals surface area contributed by atoms with E-state index in [-0.39, 0.29) is 11.8 Å². The molecule has 0 bridgehead atoms. The minimum absolute atomic E-state index is 0.206. The standard InChI is InChI=1S/C20H23N3O4/c1-14(27-18-10-4-5-11-21-18)19(25)22-17-9-3-2-8-16(17)20(26)23-12-6-7-15(24)13-23/h2-5,8-11,14-15,24H,6-7,12-13H2,1H3,(H,22,25). The summed E-state index contributed by atoms with van der Waals surface area (Å²) in [6.07, 6.45) is 1.76. The van der Waals surface area contributed by atoms with E-state index in [0.29, 0.717) is 36.6 Å². The van der Waals surface area contributed by atoms with Crippen molar-refractivity contribution in [3.8, 4) is 5.88 Å². The lowest BCUT2D eigenvalue weighted by molar-refractivity contribution is -0.122. The summed E-state index contributed by atoms with van der Waals surface area (Å²) in [6.45, 7) is 2.52. The van der Waals surface area contributed by atoms with Crippen molar-refractivity contribution in [2.24, 2.45) is 0 Å². The van der Waals surface area contributed by atoms with E-state index in [2.05, 4.69) is 10.3 Å². The number of hydrogen-bond donors (Lipinski definition) is 2. The average Bonchev–Trinajstić information content (AvgIpc) is 2.68. The number of amides is 2. The third kappa shape index (κ3) is 4.83. The Balaban J connectivity index is 1.70. The molecule has 2 N–H and O–H groups in total. The molecular formula is C20H23N3O4. The lowest BCUT2D eigenvalue weighted by atomic mass is 10.1. The maximum atomic E-state index is 12.8. The predicted molar refractivity (Wildman–Crippen MR) is 101 cm³/mol. The summed E-state index contributed by atoms with van der Waals surface area (Å²) in [6, 6.07) is 12.1. The topological polar surface area (TPSA) is 91.8 Å². The zero-order valence-corrected chi connectivity index (χ0v) is 15.2. The maximum Gasteiger partial charge on any atom is 0.265 e. The van der Waals surface area contributed by atoms with E-state index < -0.39 is 12.2 Å². The SMILES string of the molecule is CC(Oc1ccccn1)C(=O)Nc1ccccc1C(=O)N1CCCC(O)C1. The first-order valence-electron chi connectivity index (χ1n) is 8.99. The number of carbonyl (C=O) groups is 2. The van der Waals surface area contributed by atoms with Crippen LogP contribution in [0.4, 0.5) is 5.69 Å². The zero-order chi connectivity index (χ0) is 19.2. The molecule has 27 heavy (non-hydrogen) atoms. The molecule has 0 radical (unpaired) electrons. The third-order valence-electron chi connectivity index (χ3n) is 4.40. The molecule has 1 aromatic carbocycles. The summed E-state index contributed by atoms with van der Waals surface area (Å²) >= 11 is 0. The van der Waals surface area contributed by atoms with Gasteiger partial charge in [-0.15, -0.1) is 0 Å². The number of pyridine rings is 1. The van der Waals surface area contributed by atoms with Crippen LogP contribution in [0, 0.1) is 0 Å². The van der Waals surface area contributed by atoms with Crippen LogP contribution in [0.3, 0.4) is 0 Å². The Morgan fingerprint density at radius 3 is 2.78 bits per heavy atom. The lowest BCUT2D eigenvalue weighted by Gasteiger charge is -2.30. The maximum absolute atomic E-state index is 12.8. The Morgan fingerprint density at radius 1 is 1.26 bits per heavy atom. The quantitative estimate of drug-likeness (QED) is 0.842. The number of carbonyl (C=O) groups excluding carboxylic acids is 2. The summed E-state index contributed by atoms with van der Waals surface area (Å²) in [4.78, 5) is 31.0. The largest absolute Gasteiger partial charge is 0.465 e. The van der Waals surface area contributed by atoms with E-state index in [4.69, 9.17) is 4.74 Å². The number of β-amino-alcohol motifs (C(OH)–C–C–N with tert-alkyl or cyclic N) is 1. The van der Waals surface area contributed by atoms with Crippen molar-refractivity contribution >= 4 is 17.5 Å². The fraction of sp³-hybridized carbons (Fsp3) is 0.350. The summed E-state index contributed by atoms with van der Waals surface area (Å²) in [5.41, 5.74) is 0.814. The van der Waals surface area contributed by atoms with Crippen LogP contribution in [0.15, 0.2) is 48.7 Å². The first kappa shape index (κ1) is 18.8. The van der Waals surface area contributed by atoms with Crippen LogP contribution in [-0.4, -0.2) is 52.1 Å². The molecule has 1 saturated heterocycles. The fourth-order valence-electron chi connectivity index (χ4n) is 2.97. The number of para-hydroxylation sites is 1. The number of rotatable bonds is 5. The Hall–Kier alpha value is -2.93. The van der Waals surface area contributed by atoms with Crippen molar-refractivity contribution in [3.05, 3.63) is 54.2 Å². The highest BCUT2D eigenvalue weighted by Gasteiger charge is 2.25. The van der Waals surface area contributed by atoms with E-state index in [9.17, 15) is 14.7 Å². The molecular weight excluding hydrogens is 346 g/mol. The molecule has 2 amide bonds. The van der Waals surface area contributed by atoms with Gasteiger partial charge in [-0.2, -0.15) is 0 Å². The van der Waals surface area contributed by atoms with Crippen LogP contribution >= 0.6 is 0 Å². The molecule has 1 fully saturated rings. The molecule has 2 unspecified atom stereocenters. The summed E-state index contributed by atoms with van der Waals surface area (Å²) in [5, 5.41) is 12.6. The van der Waals surface area contributed by atoms with Crippen LogP contribution in [0.1, 0.15) is 30.1 Å². The van der Waals surface area contributed by atoms with Crippen LogP contribution in [0.2, 0.25) is 0 Å². The summed E-state index contributed by atoms with van der Waals surface area (Å²) in [5.74, 6) is -0.227. The van der Waals surface area contributed by atoms with Crippen molar-refractivity contribution in [3.63, 3.8) is 0 Å². The first-order chi connectivity index (χ1) is 13.0. The molecule has 1 aliphatic heterocycles. The smallest absolute Gasteiger partial charge is 0.265 e. The van der Waals surface area contributed by atoms with Crippen molar-refractivity contribution in [2.45, 2.75) is 32.0 Å². The van der Waals surface area contributed by atoms with E-state index in [1.54, 1.807) is 60.5 Å². The van der Waals surface area contributed by atoms with Crippen molar-refractivity contribution in [1.29, 1.82) is 0 Å². The van der Waals surface area contributed by atoms with E-state index in [0.717, 1.165) is 6.42 Å². The van der Waals surface area contributed by atoms with Crippen LogP contribution in [0.25, 0.3) is 0 Å². The Bertz CT molecular complexity index is 797. The number of aromatic nitrogens is 1. The zero-order valence-electron chi connectivity index (χ0n) is 15.2. The molecule has 2 heterocycles. The molecule has 3 rings (SSSR count). The van der Waals surface area contributed by atoms with Crippen molar-refractivity contribution in [2.75, 3.05) is 18.4 Å². The van der Waals surface area contributed by atoms with Crippen LogP contribution < -0.4 is 10.1 Å². The van der Waals surface area contributed by atoms with Crippen LogP contribution in [0.5, 0.6) is 5.88 Å². The fourth-order valence-corrected chi connectivity index (χ4v) is 2.97. The van der Waals surface area contributed by atoms with E-state index in [1.807, 2.05) is 0 Å². The predicted octanol–water partition coefficient (Wildman–Crippen LogP) is 2.08. The number of aliphatic hydroxyl groups is 1. The molecule has 7 nitrogen and oxygen atoms in total. The first-order valence-corrected chi connectivity index (χ1v) is 8.99. The van der Waals surface area contributed by atoms with Gasteiger partial charge in [0.1, 0.15) is 0 Å². The van der Waals surface area contributed by atoms with Gasteiger partial charge in [-0.25, -0.2) is 4.98 Å². The van der Waals surface area contributed by atoms with Crippen molar-refractivity contribution in [1.82, 2.24) is 9.88 Å². The van der Waals surface area contributed by atoms with Gasteiger partial charge in [-0.05, 0) is 38.0 Å². The monoisotopic (exact) mass is 369 g/mol. The molecule has 142 valence electrons. The highest BCUT2D eigenvalue weighted by Crippen LogP contribution is 2.21. The number of aliphatic hydroxyl groups excluding tert-OH is 1. The second-order valence-corrected chi connectivity index (χ2v) is 6.51. The molecule has 1 aliphatic rings. The van der Waals surface area contributed by atoms with E-state index in [1.165, 1.54) is 0 Å². The number of ether oxygens (including phenoxy) is 1. The number of piperidine rings is 1. The number of nitrogens with zero attached hydrogens (tertiary/aromatic N) is 2. The summed E-state index contributed by atoms with van der Waals surface area (Å²) in [7, 11) is 0. The van der Waals surface area contributed by atoms with Gasteiger partial charge in [0.25, 0.3) is 11.8 Å². The third-order valence-corrected chi connectivity index (χ3v) is 4.40. The second kappa shape index (κ2) is 8.64. The molecule has 2 aromatic rings. The van der Waals surface area contributed by atoms with Gasteiger partial charge < -0.3 is 20.1 Å². The average molecular weight is 369 g/mol. The van der Waals surface area contributed by atoms with Gasteiger partial charge in [-0.1, -0.05) is 18.2 Å². The van der Waals surface area contributed by atoms with Crippen LogP contribution in [-0.2, 0) is 4.79 Å². The Labute approximate surface area is 158 Å². The summed E-state index contributed by atoms with van der Waals surface area (Å²) < 4.78 is 5.53.